The highest BCUT2D eigenvalue weighted by atomic mass is 16.5. The zero-order valence-corrected chi connectivity index (χ0v) is 17.4. The second-order valence-electron chi connectivity index (χ2n) is 8.62. The van der Waals surface area contributed by atoms with Crippen molar-refractivity contribution in [2.24, 2.45) is 11.8 Å². The Kier molecular flexibility index (Phi) is 6.95. The number of furan rings is 1. The van der Waals surface area contributed by atoms with Crippen LogP contribution in [0.4, 0.5) is 0 Å². The van der Waals surface area contributed by atoms with E-state index in [0.29, 0.717) is 18.4 Å². The summed E-state index contributed by atoms with van der Waals surface area (Å²) in [6.07, 6.45) is 5.88. The smallest absolute Gasteiger partial charge is 0.219 e. The van der Waals surface area contributed by atoms with Crippen LogP contribution in [-0.2, 0) is 22.5 Å². The first-order valence-corrected chi connectivity index (χ1v) is 10.4. The molecule has 152 valence electrons. The quantitative estimate of drug-likeness (QED) is 0.638. The maximum Gasteiger partial charge on any atom is 0.219 e. The molecule has 1 saturated heterocycles. The summed E-state index contributed by atoms with van der Waals surface area (Å²) in [5, 5.41) is 0. The highest BCUT2D eigenvalue weighted by molar-refractivity contribution is 5.73. The molecule has 1 aliphatic rings. The van der Waals surface area contributed by atoms with Crippen LogP contribution in [0.2, 0.25) is 0 Å². The molecule has 1 aromatic carbocycles. The standard InChI is InChI=1S/C24H33NO3/c1-19(26)25(18-23-10-7-14-27-23)13-11-21(16-20-8-5-4-6-9-20)22-12-15-28-24(2,3)17-22/h4-10,14,21-22H,11-13,15-18H2,1-3H3/t21-,22+/m1/s1. The van der Waals surface area contributed by atoms with Crippen molar-refractivity contribution >= 4 is 5.91 Å². The van der Waals surface area contributed by atoms with Crippen LogP contribution in [0.1, 0.15) is 51.4 Å². The van der Waals surface area contributed by atoms with Crippen LogP contribution < -0.4 is 0 Å². The molecule has 0 saturated carbocycles. The van der Waals surface area contributed by atoms with Crippen LogP contribution in [0.3, 0.4) is 0 Å². The highest BCUT2D eigenvalue weighted by Crippen LogP contribution is 2.36. The fourth-order valence-electron chi connectivity index (χ4n) is 4.36. The second-order valence-corrected chi connectivity index (χ2v) is 8.62. The van der Waals surface area contributed by atoms with Gasteiger partial charge in [0.2, 0.25) is 5.91 Å². The summed E-state index contributed by atoms with van der Waals surface area (Å²) in [4.78, 5) is 14.1. The molecule has 0 spiro atoms. The van der Waals surface area contributed by atoms with Crippen molar-refractivity contribution in [2.75, 3.05) is 13.2 Å². The van der Waals surface area contributed by atoms with Crippen LogP contribution >= 0.6 is 0 Å². The van der Waals surface area contributed by atoms with Crippen LogP contribution in [-0.4, -0.2) is 29.6 Å². The lowest BCUT2D eigenvalue weighted by molar-refractivity contribution is -0.130. The van der Waals surface area contributed by atoms with Crippen molar-refractivity contribution in [1.82, 2.24) is 4.90 Å². The molecule has 0 N–H and O–H groups in total. The number of hydrogen-bond acceptors (Lipinski definition) is 3. The van der Waals surface area contributed by atoms with Crippen molar-refractivity contribution in [3.8, 4) is 0 Å². The van der Waals surface area contributed by atoms with Crippen molar-refractivity contribution in [3.63, 3.8) is 0 Å². The van der Waals surface area contributed by atoms with Gasteiger partial charge in [-0.15, -0.1) is 0 Å². The van der Waals surface area contributed by atoms with Gasteiger partial charge in [0.25, 0.3) is 0 Å². The van der Waals surface area contributed by atoms with Gasteiger partial charge in [-0.3, -0.25) is 4.79 Å². The van der Waals surface area contributed by atoms with Gasteiger partial charge in [-0.25, -0.2) is 0 Å². The molecular formula is C24H33NO3. The molecule has 2 heterocycles. The Hall–Kier alpha value is -2.07. The average Bonchev–Trinajstić information content (AvgIpc) is 3.17. The van der Waals surface area contributed by atoms with E-state index >= 15 is 0 Å². The van der Waals surface area contributed by atoms with Gasteiger partial charge < -0.3 is 14.1 Å². The van der Waals surface area contributed by atoms with E-state index in [4.69, 9.17) is 9.15 Å². The number of benzene rings is 1. The van der Waals surface area contributed by atoms with Crippen LogP contribution in [0, 0.1) is 11.8 Å². The summed E-state index contributed by atoms with van der Waals surface area (Å²) in [6, 6.07) is 14.5. The van der Waals surface area contributed by atoms with Crippen molar-refractivity contribution < 1.29 is 13.9 Å². The molecule has 0 radical (unpaired) electrons. The van der Waals surface area contributed by atoms with Gasteiger partial charge in [0, 0.05) is 20.1 Å². The normalized spacial score (nSPS) is 19.9. The van der Waals surface area contributed by atoms with E-state index < -0.39 is 0 Å². The number of ether oxygens (including phenoxy) is 1. The molecule has 0 unspecified atom stereocenters. The molecule has 1 fully saturated rings. The fourth-order valence-corrected chi connectivity index (χ4v) is 4.36. The third-order valence-electron chi connectivity index (χ3n) is 5.88. The minimum Gasteiger partial charge on any atom is -0.467 e. The van der Waals surface area contributed by atoms with Gasteiger partial charge in [-0.05, 0) is 69.1 Å². The molecular weight excluding hydrogens is 350 g/mol. The topological polar surface area (TPSA) is 42.7 Å². The van der Waals surface area contributed by atoms with E-state index in [2.05, 4.69) is 44.2 Å². The van der Waals surface area contributed by atoms with Crippen LogP contribution in [0.5, 0.6) is 0 Å². The summed E-state index contributed by atoms with van der Waals surface area (Å²) >= 11 is 0. The minimum atomic E-state index is -0.0632. The minimum absolute atomic E-state index is 0.0632. The number of carbonyl (C=O) groups excluding carboxylic acids is 1. The molecule has 1 aliphatic heterocycles. The summed E-state index contributed by atoms with van der Waals surface area (Å²) < 4.78 is 11.4. The molecule has 3 rings (SSSR count). The van der Waals surface area contributed by atoms with Crippen molar-refractivity contribution in [1.29, 1.82) is 0 Å². The van der Waals surface area contributed by atoms with E-state index in [9.17, 15) is 4.79 Å². The van der Waals surface area contributed by atoms with Crippen molar-refractivity contribution in [3.05, 3.63) is 60.1 Å². The van der Waals surface area contributed by atoms with Gasteiger partial charge in [0.1, 0.15) is 5.76 Å². The van der Waals surface area contributed by atoms with Gasteiger partial charge in [-0.2, -0.15) is 0 Å². The molecule has 4 heteroatoms. The number of rotatable bonds is 8. The van der Waals surface area contributed by atoms with E-state index in [1.54, 1.807) is 13.2 Å². The Labute approximate surface area is 168 Å². The molecule has 0 aliphatic carbocycles. The lowest BCUT2D eigenvalue weighted by atomic mass is 9.75. The monoisotopic (exact) mass is 383 g/mol. The van der Waals surface area contributed by atoms with Crippen LogP contribution in [0.15, 0.2) is 53.1 Å². The zero-order valence-electron chi connectivity index (χ0n) is 17.4. The lowest BCUT2D eigenvalue weighted by Crippen LogP contribution is -2.38. The van der Waals surface area contributed by atoms with Gasteiger partial charge >= 0.3 is 0 Å². The third-order valence-corrected chi connectivity index (χ3v) is 5.88. The van der Waals surface area contributed by atoms with E-state index in [1.165, 1.54) is 5.56 Å². The summed E-state index contributed by atoms with van der Waals surface area (Å²) in [5.74, 6) is 2.08. The molecule has 28 heavy (non-hydrogen) atoms. The van der Waals surface area contributed by atoms with E-state index in [1.807, 2.05) is 17.0 Å². The summed E-state index contributed by atoms with van der Waals surface area (Å²) in [7, 11) is 0. The molecule has 1 amide bonds. The number of hydrogen-bond donors (Lipinski definition) is 0. The Morgan fingerprint density at radius 1 is 1.21 bits per heavy atom. The number of carbonyl (C=O) groups is 1. The highest BCUT2D eigenvalue weighted by Gasteiger charge is 2.33. The molecule has 1 aromatic heterocycles. The lowest BCUT2D eigenvalue weighted by Gasteiger charge is -2.40. The molecule has 2 atom stereocenters. The molecule has 0 bridgehead atoms. The average molecular weight is 384 g/mol. The fraction of sp³-hybridized carbons (Fsp3) is 0.542. The Bertz CT molecular complexity index is 724. The van der Waals surface area contributed by atoms with Crippen molar-refractivity contribution in [2.45, 2.75) is 58.6 Å². The zero-order chi connectivity index (χ0) is 20.0. The van der Waals surface area contributed by atoms with Gasteiger partial charge in [0.15, 0.2) is 0 Å². The van der Waals surface area contributed by atoms with E-state index in [0.717, 1.165) is 44.6 Å². The largest absolute Gasteiger partial charge is 0.467 e. The maximum absolute atomic E-state index is 12.2. The first-order chi connectivity index (χ1) is 13.4. The Balaban J connectivity index is 1.69. The van der Waals surface area contributed by atoms with Gasteiger partial charge in [-0.1, -0.05) is 30.3 Å². The predicted molar refractivity (Wildman–Crippen MR) is 111 cm³/mol. The Morgan fingerprint density at radius 2 is 2.00 bits per heavy atom. The third kappa shape index (κ3) is 5.96. The Morgan fingerprint density at radius 3 is 2.64 bits per heavy atom. The van der Waals surface area contributed by atoms with E-state index in [-0.39, 0.29) is 11.5 Å². The first kappa shape index (κ1) is 20.7. The predicted octanol–water partition coefficient (Wildman–Crippen LogP) is 5.08. The molecule has 4 nitrogen and oxygen atoms in total. The van der Waals surface area contributed by atoms with Gasteiger partial charge in [0.05, 0.1) is 18.4 Å². The summed E-state index contributed by atoms with van der Waals surface area (Å²) in [6.45, 7) is 8.15. The maximum atomic E-state index is 12.2. The number of nitrogens with zero attached hydrogens (tertiary/aromatic N) is 1. The first-order valence-electron chi connectivity index (χ1n) is 10.4. The van der Waals surface area contributed by atoms with Crippen LogP contribution in [0.25, 0.3) is 0 Å². The summed E-state index contributed by atoms with van der Waals surface area (Å²) in [5.41, 5.74) is 1.31. The molecule has 2 aromatic rings. The number of amides is 1. The second kappa shape index (κ2) is 9.42. The SMILES string of the molecule is CC(=O)N(CC[C@H](Cc1ccccc1)[C@H]1CCOC(C)(C)C1)Cc1ccco1.